The molecular formula is C24H22NO3P. The SMILES string of the molecule is c1ccc(P(c2ccccc2)c2ccccc2[C@H]2OCO[C@@H]2C2=NCCO2)cc1. The molecule has 5 rings (SSSR count). The highest BCUT2D eigenvalue weighted by Crippen LogP contribution is 2.39. The summed E-state index contributed by atoms with van der Waals surface area (Å²) in [6.07, 6.45) is -0.512. The molecule has 3 aromatic carbocycles. The summed E-state index contributed by atoms with van der Waals surface area (Å²) in [6.45, 7) is 1.55. The van der Waals surface area contributed by atoms with Gasteiger partial charge < -0.3 is 14.2 Å². The average Bonchev–Trinajstić information content (AvgIpc) is 3.48. The molecule has 2 atom stereocenters. The predicted molar refractivity (Wildman–Crippen MR) is 117 cm³/mol. The van der Waals surface area contributed by atoms with Crippen molar-refractivity contribution >= 4 is 29.7 Å². The summed E-state index contributed by atoms with van der Waals surface area (Å²) < 4.78 is 17.6. The second kappa shape index (κ2) is 8.46. The Labute approximate surface area is 171 Å². The van der Waals surface area contributed by atoms with Crippen LogP contribution in [0.15, 0.2) is 89.9 Å². The van der Waals surface area contributed by atoms with E-state index in [0.717, 1.165) is 5.56 Å². The minimum absolute atomic E-state index is 0.222. The van der Waals surface area contributed by atoms with Crippen molar-refractivity contribution in [1.82, 2.24) is 0 Å². The van der Waals surface area contributed by atoms with Crippen molar-refractivity contribution in [3.8, 4) is 0 Å². The van der Waals surface area contributed by atoms with Crippen LogP contribution in [0.1, 0.15) is 11.7 Å². The molecule has 1 fully saturated rings. The molecule has 0 N–H and O–H groups in total. The van der Waals surface area contributed by atoms with Gasteiger partial charge in [-0.25, -0.2) is 4.99 Å². The van der Waals surface area contributed by atoms with E-state index in [1.54, 1.807) is 0 Å². The lowest BCUT2D eigenvalue weighted by molar-refractivity contribution is 0.0427. The first-order valence-corrected chi connectivity index (χ1v) is 11.2. The Morgan fingerprint density at radius 2 is 1.34 bits per heavy atom. The maximum atomic E-state index is 6.05. The highest BCUT2D eigenvalue weighted by molar-refractivity contribution is 7.79. The molecule has 1 saturated heterocycles. The molecule has 0 aromatic heterocycles. The molecule has 0 aliphatic carbocycles. The number of hydrogen-bond donors (Lipinski definition) is 0. The Morgan fingerprint density at radius 3 is 2.00 bits per heavy atom. The van der Waals surface area contributed by atoms with E-state index in [9.17, 15) is 0 Å². The summed E-state index contributed by atoms with van der Waals surface area (Å²) in [5, 5.41) is 3.90. The highest BCUT2D eigenvalue weighted by Gasteiger charge is 2.39. The molecule has 0 radical (unpaired) electrons. The van der Waals surface area contributed by atoms with E-state index in [2.05, 4.69) is 89.9 Å². The van der Waals surface area contributed by atoms with Gasteiger partial charge in [-0.3, -0.25) is 0 Å². The van der Waals surface area contributed by atoms with Gasteiger partial charge in [-0.1, -0.05) is 84.9 Å². The van der Waals surface area contributed by atoms with Crippen molar-refractivity contribution in [3.63, 3.8) is 0 Å². The van der Waals surface area contributed by atoms with Crippen LogP contribution in [-0.4, -0.2) is 31.9 Å². The molecule has 2 aliphatic rings. The second-order valence-electron chi connectivity index (χ2n) is 6.93. The van der Waals surface area contributed by atoms with E-state index in [-0.39, 0.29) is 19.0 Å². The van der Waals surface area contributed by atoms with Crippen molar-refractivity contribution in [3.05, 3.63) is 90.5 Å². The number of aliphatic imine (C=N–C) groups is 1. The highest BCUT2D eigenvalue weighted by atomic mass is 31.1. The van der Waals surface area contributed by atoms with Gasteiger partial charge in [-0.15, -0.1) is 0 Å². The maximum Gasteiger partial charge on any atom is 0.216 e. The smallest absolute Gasteiger partial charge is 0.216 e. The van der Waals surface area contributed by atoms with Crippen LogP contribution in [-0.2, 0) is 14.2 Å². The fourth-order valence-electron chi connectivity index (χ4n) is 3.85. The largest absolute Gasteiger partial charge is 0.477 e. The number of hydrogen-bond acceptors (Lipinski definition) is 4. The van der Waals surface area contributed by atoms with E-state index in [0.29, 0.717) is 19.0 Å². The second-order valence-corrected chi connectivity index (χ2v) is 9.11. The number of rotatable bonds is 5. The molecule has 2 heterocycles. The van der Waals surface area contributed by atoms with Gasteiger partial charge in [-0.05, 0) is 29.4 Å². The minimum atomic E-state index is -0.730. The maximum absolute atomic E-state index is 6.05. The van der Waals surface area contributed by atoms with Gasteiger partial charge in [0.25, 0.3) is 0 Å². The van der Waals surface area contributed by atoms with Crippen molar-refractivity contribution < 1.29 is 14.2 Å². The third-order valence-electron chi connectivity index (χ3n) is 5.14. The summed E-state index contributed by atoms with van der Waals surface area (Å²) in [6, 6.07) is 29.9. The number of nitrogens with zero attached hydrogens (tertiary/aromatic N) is 1. The lowest BCUT2D eigenvalue weighted by Gasteiger charge is -2.25. The van der Waals surface area contributed by atoms with E-state index < -0.39 is 7.92 Å². The first-order chi connectivity index (χ1) is 14.4. The zero-order valence-corrected chi connectivity index (χ0v) is 16.9. The third-order valence-corrected chi connectivity index (χ3v) is 7.65. The van der Waals surface area contributed by atoms with Crippen LogP contribution in [0.2, 0.25) is 0 Å². The van der Waals surface area contributed by atoms with Crippen LogP contribution < -0.4 is 15.9 Å². The summed E-state index contributed by atoms with van der Waals surface area (Å²) in [4.78, 5) is 4.48. The Hall–Kier alpha value is -2.52. The van der Waals surface area contributed by atoms with E-state index >= 15 is 0 Å². The topological polar surface area (TPSA) is 40.0 Å². The van der Waals surface area contributed by atoms with Gasteiger partial charge >= 0.3 is 0 Å². The van der Waals surface area contributed by atoms with Crippen LogP contribution in [0.25, 0.3) is 0 Å². The minimum Gasteiger partial charge on any atom is -0.477 e. The monoisotopic (exact) mass is 403 g/mol. The zero-order chi connectivity index (χ0) is 19.5. The zero-order valence-electron chi connectivity index (χ0n) is 16.0. The van der Waals surface area contributed by atoms with Crippen molar-refractivity contribution in [2.75, 3.05) is 19.9 Å². The Morgan fingerprint density at radius 1 is 0.724 bits per heavy atom. The molecule has 4 nitrogen and oxygen atoms in total. The third kappa shape index (κ3) is 3.72. The van der Waals surface area contributed by atoms with E-state index in [4.69, 9.17) is 14.2 Å². The fourth-order valence-corrected chi connectivity index (χ4v) is 6.34. The number of benzene rings is 3. The molecule has 0 bridgehead atoms. The normalized spacial score (nSPS) is 21.2. The molecule has 0 spiro atoms. The molecule has 2 aliphatic heterocycles. The fraction of sp³-hybridized carbons (Fsp3) is 0.208. The van der Waals surface area contributed by atoms with Gasteiger partial charge in [0.05, 0.1) is 6.54 Å². The van der Waals surface area contributed by atoms with Gasteiger partial charge in [0.15, 0.2) is 6.10 Å². The summed E-state index contributed by atoms with van der Waals surface area (Å²) in [5.74, 6) is 0.658. The van der Waals surface area contributed by atoms with Crippen LogP contribution >= 0.6 is 7.92 Å². The lowest BCUT2D eigenvalue weighted by atomic mass is 10.0. The molecule has 3 aromatic rings. The Kier molecular flexibility index (Phi) is 5.40. The molecule has 0 unspecified atom stereocenters. The summed E-state index contributed by atoms with van der Waals surface area (Å²) in [5.41, 5.74) is 1.15. The molecule has 146 valence electrons. The van der Waals surface area contributed by atoms with Gasteiger partial charge in [0.1, 0.15) is 19.5 Å². The molecule has 0 saturated carbocycles. The molecular weight excluding hydrogens is 381 g/mol. The van der Waals surface area contributed by atoms with E-state index in [1.807, 2.05) is 0 Å². The standard InChI is InChI=1S/C24H22NO3P/c1-3-9-18(10-4-1)29(19-11-5-2-6-12-19)21-14-8-7-13-20(21)22-23(28-17-27-22)24-25-15-16-26-24/h1-14,22-23H,15-17H2/t22-,23+/m1/s1. The lowest BCUT2D eigenvalue weighted by Crippen LogP contribution is -2.31. The first-order valence-electron chi connectivity index (χ1n) is 9.81. The summed E-state index contributed by atoms with van der Waals surface area (Å²) in [7, 11) is -0.730. The summed E-state index contributed by atoms with van der Waals surface area (Å²) >= 11 is 0. The van der Waals surface area contributed by atoms with Crippen LogP contribution in [0, 0.1) is 0 Å². The van der Waals surface area contributed by atoms with Crippen LogP contribution in [0.4, 0.5) is 0 Å². The van der Waals surface area contributed by atoms with Crippen molar-refractivity contribution in [2.24, 2.45) is 4.99 Å². The van der Waals surface area contributed by atoms with Gasteiger partial charge in [0.2, 0.25) is 5.90 Å². The number of ether oxygens (including phenoxy) is 3. The van der Waals surface area contributed by atoms with Crippen molar-refractivity contribution in [2.45, 2.75) is 12.2 Å². The molecule has 5 heteroatoms. The van der Waals surface area contributed by atoms with Gasteiger partial charge in [0, 0.05) is 0 Å². The molecule has 29 heavy (non-hydrogen) atoms. The quantitative estimate of drug-likeness (QED) is 0.614. The van der Waals surface area contributed by atoms with Crippen molar-refractivity contribution in [1.29, 1.82) is 0 Å². The van der Waals surface area contributed by atoms with Crippen LogP contribution in [0.3, 0.4) is 0 Å². The van der Waals surface area contributed by atoms with E-state index in [1.165, 1.54) is 15.9 Å². The Bertz CT molecular complexity index is 954. The predicted octanol–water partition coefficient (Wildman–Crippen LogP) is 3.29. The Balaban J connectivity index is 1.61. The van der Waals surface area contributed by atoms with Crippen LogP contribution in [0.5, 0.6) is 0 Å². The molecule has 0 amide bonds. The van der Waals surface area contributed by atoms with Gasteiger partial charge in [-0.2, -0.15) is 0 Å². The first kappa shape index (κ1) is 18.5. The average molecular weight is 403 g/mol.